The molecule has 0 saturated heterocycles. The Kier molecular flexibility index (Phi) is 2.90. The molecule has 2 N–H and O–H groups in total. The molecular formula is C8H13NS. The Hall–Kier alpha value is -0.340. The Bertz CT molecular complexity index is 193. The number of rotatable bonds is 3. The van der Waals surface area contributed by atoms with Crippen LogP contribution in [-0.4, -0.2) is 6.54 Å². The lowest BCUT2D eigenvalue weighted by molar-refractivity contribution is 0.831. The summed E-state index contributed by atoms with van der Waals surface area (Å²) in [7, 11) is 0. The monoisotopic (exact) mass is 155 g/mol. The summed E-state index contributed by atoms with van der Waals surface area (Å²) in [4.78, 5) is 0. The lowest BCUT2D eigenvalue weighted by Crippen LogP contribution is -2.00. The van der Waals surface area contributed by atoms with Gasteiger partial charge in [-0.15, -0.1) is 0 Å². The molecule has 1 rings (SSSR count). The van der Waals surface area contributed by atoms with E-state index in [0.29, 0.717) is 0 Å². The molecular weight excluding hydrogens is 142 g/mol. The highest BCUT2D eigenvalue weighted by Gasteiger charge is 1.96. The van der Waals surface area contributed by atoms with E-state index in [1.165, 1.54) is 11.1 Å². The largest absolute Gasteiger partial charge is 0.330 e. The third-order valence-electron chi connectivity index (χ3n) is 1.61. The molecule has 1 heterocycles. The summed E-state index contributed by atoms with van der Waals surface area (Å²) in [5, 5.41) is 4.40. The fourth-order valence-corrected chi connectivity index (χ4v) is 1.83. The van der Waals surface area contributed by atoms with E-state index in [9.17, 15) is 0 Å². The molecule has 0 aliphatic rings. The van der Waals surface area contributed by atoms with Gasteiger partial charge in [-0.1, -0.05) is 0 Å². The van der Waals surface area contributed by atoms with Crippen LogP contribution in [0.2, 0.25) is 0 Å². The Morgan fingerprint density at radius 2 is 2.30 bits per heavy atom. The SMILES string of the molecule is Cc1cscc1CCCN. The van der Waals surface area contributed by atoms with Crippen molar-refractivity contribution < 1.29 is 0 Å². The van der Waals surface area contributed by atoms with Crippen molar-refractivity contribution in [3.05, 3.63) is 21.9 Å². The van der Waals surface area contributed by atoms with Crippen LogP contribution in [0.15, 0.2) is 10.8 Å². The summed E-state index contributed by atoms with van der Waals surface area (Å²) in [6.45, 7) is 2.96. The molecule has 0 amide bonds. The van der Waals surface area contributed by atoms with Gasteiger partial charge in [0.05, 0.1) is 0 Å². The van der Waals surface area contributed by atoms with E-state index in [4.69, 9.17) is 5.73 Å². The highest BCUT2D eigenvalue weighted by molar-refractivity contribution is 7.08. The first kappa shape index (κ1) is 7.76. The van der Waals surface area contributed by atoms with E-state index in [1.807, 2.05) is 0 Å². The van der Waals surface area contributed by atoms with Crippen LogP contribution in [-0.2, 0) is 6.42 Å². The highest BCUT2D eigenvalue weighted by Crippen LogP contribution is 2.14. The van der Waals surface area contributed by atoms with Crippen molar-refractivity contribution in [2.75, 3.05) is 6.54 Å². The predicted molar refractivity (Wildman–Crippen MR) is 46.4 cm³/mol. The molecule has 10 heavy (non-hydrogen) atoms. The third-order valence-corrected chi connectivity index (χ3v) is 2.52. The third kappa shape index (κ3) is 1.82. The first-order valence-corrected chi connectivity index (χ1v) is 4.50. The van der Waals surface area contributed by atoms with Crippen molar-refractivity contribution in [2.24, 2.45) is 5.73 Å². The van der Waals surface area contributed by atoms with Gasteiger partial charge in [-0.25, -0.2) is 0 Å². The second-order valence-corrected chi connectivity index (χ2v) is 3.22. The van der Waals surface area contributed by atoms with Crippen LogP contribution >= 0.6 is 11.3 Å². The van der Waals surface area contributed by atoms with Crippen molar-refractivity contribution in [1.82, 2.24) is 0 Å². The van der Waals surface area contributed by atoms with Crippen LogP contribution in [0.25, 0.3) is 0 Å². The van der Waals surface area contributed by atoms with Crippen LogP contribution in [0.5, 0.6) is 0 Å². The van der Waals surface area contributed by atoms with Crippen LogP contribution in [0.4, 0.5) is 0 Å². The summed E-state index contributed by atoms with van der Waals surface area (Å²) in [6, 6.07) is 0. The summed E-state index contributed by atoms with van der Waals surface area (Å²) >= 11 is 1.78. The Labute approximate surface area is 65.9 Å². The number of hydrogen-bond donors (Lipinski definition) is 1. The molecule has 0 aliphatic heterocycles. The zero-order valence-corrected chi connectivity index (χ0v) is 7.08. The minimum Gasteiger partial charge on any atom is -0.330 e. The van der Waals surface area contributed by atoms with Crippen LogP contribution in [0.3, 0.4) is 0 Å². The van der Waals surface area contributed by atoms with E-state index in [-0.39, 0.29) is 0 Å². The highest BCUT2D eigenvalue weighted by atomic mass is 32.1. The molecule has 1 nitrogen and oxygen atoms in total. The number of hydrogen-bond acceptors (Lipinski definition) is 2. The molecule has 0 saturated carbocycles. The lowest BCUT2D eigenvalue weighted by atomic mass is 10.1. The summed E-state index contributed by atoms with van der Waals surface area (Å²) in [5.74, 6) is 0. The average Bonchev–Trinajstić information content (AvgIpc) is 2.31. The maximum Gasteiger partial charge on any atom is -0.00585 e. The minimum atomic E-state index is 0.801. The molecule has 2 heteroatoms. The average molecular weight is 155 g/mol. The minimum absolute atomic E-state index is 0.801. The van der Waals surface area contributed by atoms with Gasteiger partial charge in [0, 0.05) is 0 Å². The van der Waals surface area contributed by atoms with Crippen molar-refractivity contribution in [3.8, 4) is 0 Å². The Morgan fingerprint density at radius 1 is 1.50 bits per heavy atom. The molecule has 0 spiro atoms. The molecule has 0 radical (unpaired) electrons. The first-order valence-electron chi connectivity index (χ1n) is 3.56. The van der Waals surface area contributed by atoms with E-state index in [0.717, 1.165) is 19.4 Å². The smallest absolute Gasteiger partial charge is 0.00585 e. The van der Waals surface area contributed by atoms with Crippen LogP contribution in [0.1, 0.15) is 17.5 Å². The van der Waals surface area contributed by atoms with Gasteiger partial charge in [-0.2, -0.15) is 11.3 Å². The van der Waals surface area contributed by atoms with Crippen molar-refractivity contribution in [3.63, 3.8) is 0 Å². The molecule has 1 aromatic rings. The lowest BCUT2D eigenvalue weighted by Gasteiger charge is -1.95. The topological polar surface area (TPSA) is 26.0 Å². The van der Waals surface area contributed by atoms with Crippen molar-refractivity contribution in [1.29, 1.82) is 0 Å². The van der Waals surface area contributed by atoms with Gasteiger partial charge in [-0.05, 0) is 48.2 Å². The maximum absolute atomic E-state index is 5.40. The van der Waals surface area contributed by atoms with Crippen LogP contribution < -0.4 is 5.73 Å². The molecule has 0 bridgehead atoms. The van der Waals surface area contributed by atoms with Gasteiger partial charge in [0.25, 0.3) is 0 Å². The van der Waals surface area contributed by atoms with Crippen LogP contribution in [0, 0.1) is 6.92 Å². The number of nitrogens with two attached hydrogens (primary N) is 1. The van der Waals surface area contributed by atoms with Gasteiger partial charge >= 0.3 is 0 Å². The molecule has 0 aromatic carbocycles. The zero-order valence-electron chi connectivity index (χ0n) is 6.26. The normalized spacial score (nSPS) is 10.2. The van der Waals surface area contributed by atoms with Crippen molar-refractivity contribution in [2.45, 2.75) is 19.8 Å². The fourth-order valence-electron chi connectivity index (χ4n) is 0.935. The van der Waals surface area contributed by atoms with Crippen molar-refractivity contribution >= 4 is 11.3 Å². The molecule has 56 valence electrons. The van der Waals surface area contributed by atoms with E-state index in [1.54, 1.807) is 11.3 Å². The summed E-state index contributed by atoms with van der Waals surface area (Å²) < 4.78 is 0. The second kappa shape index (κ2) is 3.74. The van der Waals surface area contributed by atoms with E-state index >= 15 is 0 Å². The van der Waals surface area contributed by atoms with Gasteiger partial charge in [-0.3, -0.25) is 0 Å². The Morgan fingerprint density at radius 3 is 2.80 bits per heavy atom. The summed E-state index contributed by atoms with van der Waals surface area (Å²) in [6.07, 6.45) is 2.25. The van der Waals surface area contributed by atoms with Gasteiger partial charge < -0.3 is 5.73 Å². The standard InChI is InChI=1S/C8H13NS/c1-7-5-10-6-8(7)3-2-4-9/h5-6H,2-4,9H2,1H3. The molecule has 0 aliphatic carbocycles. The quantitative estimate of drug-likeness (QED) is 0.709. The Balaban J connectivity index is 2.49. The maximum atomic E-state index is 5.40. The number of thiophene rings is 1. The van der Waals surface area contributed by atoms with Gasteiger partial charge in [0.15, 0.2) is 0 Å². The van der Waals surface area contributed by atoms with Gasteiger partial charge in [0.2, 0.25) is 0 Å². The fraction of sp³-hybridized carbons (Fsp3) is 0.500. The molecule has 0 unspecified atom stereocenters. The van der Waals surface area contributed by atoms with Gasteiger partial charge in [0.1, 0.15) is 0 Å². The number of aryl methyl sites for hydroxylation is 2. The van der Waals surface area contributed by atoms with E-state index < -0.39 is 0 Å². The molecule has 0 atom stereocenters. The molecule has 1 aromatic heterocycles. The zero-order chi connectivity index (χ0) is 7.40. The predicted octanol–water partition coefficient (Wildman–Crippen LogP) is 1.95. The molecule has 0 fully saturated rings. The van der Waals surface area contributed by atoms with E-state index in [2.05, 4.69) is 17.7 Å². The first-order chi connectivity index (χ1) is 4.84. The summed E-state index contributed by atoms with van der Waals surface area (Å²) in [5.41, 5.74) is 8.28. The second-order valence-electron chi connectivity index (χ2n) is 2.47.